The van der Waals surface area contributed by atoms with E-state index >= 15 is 0 Å². The largest absolute Gasteiger partial charge is 0.490 e. The van der Waals surface area contributed by atoms with Crippen LogP contribution in [0, 0.1) is 23.2 Å². The molecule has 1 aliphatic rings. The van der Waals surface area contributed by atoms with E-state index in [-0.39, 0.29) is 0 Å². The second-order valence-corrected chi connectivity index (χ2v) is 3.11. The maximum atomic E-state index is 10.6. The molecule has 2 atom stereocenters. The van der Waals surface area contributed by atoms with Crippen molar-refractivity contribution in [1.82, 2.24) is 0 Å². The molecule has 86 valence electrons. The van der Waals surface area contributed by atoms with Gasteiger partial charge in [-0.1, -0.05) is 0 Å². The van der Waals surface area contributed by atoms with Crippen LogP contribution in [-0.2, 0) is 4.79 Å². The third-order valence-electron chi connectivity index (χ3n) is 1.87. The van der Waals surface area contributed by atoms with Crippen molar-refractivity contribution in [2.75, 3.05) is 6.54 Å². The molecule has 0 saturated heterocycles. The summed E-state index contributed by atoms with van der Waals surface area (Å²) in [5.41, 5.74) is 5.28. The molecule has 1 aliphatic carbocycles. The minimum atomic E-state index is -5.08. The molecule has 0 radical (unpaired) electrons. The zero-order chi connectivity index (χ0) is 12.1. The van der Waals surface area contributed by atoms with Gasteiger partial charge in [-0.3, -0.25) is 0 Å². The first kappa shape index (κ1) is 13.7. The first-order valence-electron chi connectivity index (χ1n) is 4.22. The molecule has 1 saturated carbocycles. The molecule has 0 aliphatic heterocycles. The summed E-state index contributed by atoms with van der Waals surface area (Å²) >= 11 is 0. The van der Waals surface area contributed by atoms with Crippen LogP contribution in [0.4, 0.5) is 13.2 Å². The topological polar surface area (TPSA) is 87.1 Å². The summed E-state index contributed by atoms with van der Waals surface area (Å²) in [4.78, 5) is 8.90. The van der Waals surface area contributed by atoms with E-state index in [0.29, 0.717) is 11.8 Å². The molecule has 3 N–H and O–H groups in total. The Kier molecular flexibility index (Phi) is 5.08. The second kappa shape index (κ2) is 5.56. The standard InChI is InChI=1S/C6H10N2.C2HF3O2/c7-2-1-5-3-6(5)4-8;3-2(4,5)1(6)7/h5-6H,1-3,7H2;(H,6,7)/t5?,6-;/m0./s1. The molecule has 1 unspecified atom stereocenters. The Morgan fingerprint density at radius 1 is 1.60 bits per heavy atom. The first-order chi connectivity index (χ1) is 6.82. The molecule has 0 aromatic carbocycles. The predicted molar refractivity (Wildman–Crippen MR) is 44.6 cm³/mol. The molecule has 0 aromatic heterocycles. The van der Waals surface area contributed by atoms with Crippen molar-refractivity contribution in [1.29, 1.82) is 5.26 Å². The number of nitriles is 1. The summed E-state index contributed by atoms with van der Waals surface area (Å²) in [6, 6.07) is 2.22. The van der Waals surface area contributed by atoms with Gasteiger partial charge in [0.15, 0.2) is 0 Å². The molecule has 0 heterocycles. The number of hydrogen-bond acceptors (Lipinski definition) is 3. The molecule has 0 bridgehead atoms. The normalized spacial score (nSPS) is 23.4. The van der Waals surface area contributed by atoms with Crippen LogP contribution < -0.4 is 5.73 Å². The van der Waals surface area contributed by atoms with Crippen molar-refractivity contribution in [2.24, 2.45) is 17.6 Å². The van der Waals surface area contributed by atoms with E-state index in [1.807, 2.05) is 0 Å². The van der Waals surface area contributed by atoms with Gasteiger partial charge in [0.2, 0.25) is 0 Å². The quantitative estimate of drug-likeness (QED) is 0.735. The minimum Gasteiger partial charge on any atom is -0.475 e. The molecule has 7 heteroatoms. The van der Waals surface area contributed by atoms with E-state index in [1.54, 1.807) is 0 Å². The average molecular weight is 224 g/mol. The van der Waals surface area contributed by atoms with E-state index in [4.69, 9.17) is 20.9 Å². The Balaban J connectivity index is 0.000000265. The van der Waals surface area contributed by atoms with E-state index < -0.39 is 12.1 Å². The van der Waals surface area contributed by atoms with Gasteiger partial charge in [0.05, 0.1) is 6.07 Å². The number of rotatable bonds is 2. The molecule has 0 amide bonds. The number of carbonyl (C=O) groups is 1. The number of nitrogens with zero attached hydrogens (tertiary/aromatic N) is 1. The maximum Gasteiger partial charge on any atom is 0.490 e. The van der Waals surface area contributed by atoms with Crippen LogP contribution in [0.1, 0.15) is 12.8 Å². The monoisotopic (exact) mass is 224 g/mol. The molecule has 0 spiro atoms. The summed E-state index contributed by atoms with van der Waals surface area (Å²) in [5, 5.41) is 15.4. The van der Waals surface area contributed by atoms with E-state index in [0.717, 1.165) is 19.4 Å². The molecule has 0 aromatic rings. The van der Waals surface area contributed by atoms with Crippen LogP contribution in [-0.4, -0.2) is 23.8 Å². The molecule has 1 rings (SSSR count). The number of carboxylic acid groups (broad SMARTS) is 1. The number of halogens is 3. The number of carboxylic acids is 1. The lowest BCUT2D eigenvalue weighted by Crippen LogP contribution is -2.21. The van der Waals surface area contributed by atoms with Crippen LogP contribution >= 0.6 is 0 Å². The molecular weight excluding hydrogens is 213 g/mol. The first-order valence-corrected chi connectivity index (χ1v) is 4.22. The molecule has 4 nitrogen and oxygen atoms in total. The Morgan fingerprint density at radius 3 is 2.27 bits per heavy atom. The number of hydrogen-bond donors (Lipinski definition) is 2. The Labute approximate surface area is 84.5 Å². The second-order valence-electron chi connectivity index (χ2n) is 3.11. The van der Waals surface area contributed by atoms with Gasteiger partial charge in [-0.05, 0) is 25.3 Å². The minimum absolute atomic E-state index is 0.346. The van der Waals surface area contributed by atoms with Crippen LogP contribution in [0.15, 0.2) is 0 Å². The van der Waals surface area contributed by atoms with Gasteiger partial charge in [-0.25, -0.2) is 4.79 Å². The van der Waals surface area contributed by atoms with Gasteiger partial charge < -0.3 is 10.8 Å². The zero-order valence-electron chi connectivity index (χ0n) is 7.79. The van der Waals surface area contributed by atoms with Crippen molar-refractivity contribution in [3.63, 3.8) is 0 Å². The van der Waals surface area contributed by atoms with Crippen LogP contribution in [0.25, 0.3) is 0 Å². The average Bonchev–Trinajstić information content (AvgIpc) is 2.83. The highest BCUT2D eigenvalue weighted by Crippen LogP contribution is 2.39. The van der Waals surface area contributed by atoms with Crippen LogP contribution in [0.2, 0.25) is 0 Å². The Morgan fingerprint density at radius 2 is 2.07 bits per heavy atom. The van der Waals surface area contributed by atoms with Gasteiger partial charge in [0.1, 0.15) is 0 Å². The third-order valence-corrected chi connectivity index (χ3v) is 1.87. The smallest absolute Gasteiger partial charge is 0.475 e. The molecular formula is C8H11F3N2O2. The lowest BCUT2D eigenvalue weighted by atomic mass is 10.2. The van der Waals surface area contributed by atoms with Gasteiger partial charge in [0, 0.05) is 5.92 Å². The van der Waals surface area contributed by atoms with Gasteiger partial charge >= 0.3 is 12.1 Å². The third kappa shape index (κ3) is 5.91. The number of alkyl halides is 3. The van der Waals surface area contributed by atoms with Crippen molar-refractivity contribution in [3.8, 4) is 6.07 Å². The van der Waals surface area contributed by atoms with Crippen molar-refractivity contribution in [2.45, 2.75) is 19.0 Å². The van der Waals surface area contributed by atoms with Gasteiger partial charge in [-0.2, -0.15) is 18.4 Å². The number of nitrogens with two attached hydrogens (primary N) is 1. The lowest BCUT2D eigenvalue weighted by molar-refractivity contribution is -0.192. The van der Waals surface area contributed by atoms with E-state index in [2.05, 4.69) is 6.07 Å². The van der Waals surface area contributed by atoms with Crippen molar-refractivity contribution < 1.29 is 23.1 Å². The summed E-state index contributed by atoms with van der Waals surface area (Å²) in [6.07, 6.45) is -2.95. The summed E-state index contributed by atoms with van der Waals surface area (Å²) in [7, 11) is 0. The maximum absolute atomic E-state index is 10.6. The van der Waals surface area contributed by atoms with Gasteiger partial charge in [-0.15, -0.1) is 0 Å². The highest BCUT2D eigenvalue weighted by molar-refractivity contribution is 5.73. The summed E-state index contributed by atoms with van der Waals surface area (Å²) in [5.74, 6) is -1.77. The SMILES string of the molecule is N#C[C@@H]1CC1CCN.O=C(O)C(F)(F)F. The van der Waals surface area contributed by atoms with E-state index in [1.165, 1.54) is 0 Å². The number of aliphatic carboxylic acids is 1. The molecule has 15 heavy (non-hydrogen) atoms. The summed E-state index contributed by atoms with van der Waals surface area (Å²) < 4.78 is 31.7. The zero-order valence-corrected chi connectivity index (χ0v) is 7.79. The highest BCUT2D eigenvalue weighted by Gasteiger charge is 2.38. The predicted octanol–water partition coefficient (Wildman–Crippen LogP) is 1.13. The summed E-state index contributed by atoms with van der Waals surface area (Å²) in [6.45, 7) is 0.739. The van der Waals surface area contributed by atoms with Crippen molar-refractivity contribution >= 4 is 5.97 Å². The fourth-order valence-corrected chi connectivity index (χ4v) is 0.939. The fraction of sp³-hybridized carbons (Fsp3) is 0.750. The fourth-order valence-electron chi connectivity index (χ4n) is 0.939. The molecule has 1 fully saturated rings. The van der Waals surface area contributed by atoms with Crippen LogP contribution in [0.5, 0.6) is 0 Å². The van der Waals surface area contributed by atoms with E-state index in [9.17, 15) is 13.2 Å². The lowest BCUT2D eigenvalue weighted by Gasteiger charge is -1.93. The van der Waals surface area contributed by atoms with Crippen molar-refractivity contribution in [3.05, 3.63) is 0 Å². The van der Waals surface area contributed by atoms with Gasteiger partial charge in [0.25, 0.3) is 0 Å². The highest BCUT2D eigenvalue weighted by atomic mass is 19.4. The van der Waals surface area contributed by atoms with Crippen LogP contribution in [0.3, 0.4) is 0 Å². The Hall–Kier alpha value is -1.29. The Bertz CT molecular complexity index is 260.